The van der Waals surface area contributed by atoms with E-state index in [9.17, 15) is 39.6 Å². The molecule has 0 fully saturated rings. The Bertz CT molecular complexity index is 756. The predicted molar refractivity (Wildman–Crippen MR) is 157 cm³/mol. The highest BCUT2D eigenvalue weighted by Crippen LogP contribution is 2.03. The first-order chi connectivity index (χ1) is 20.1. The number of carbonyl (C=O) groups excluding carboxylic acids is 5. The van der Waals surface area contributed by atoms with E-state index >= 15 is 0 Å². The Morgan fingerprint density at radius 2 is 0.881 bits per heavy atom. The van der Waals surface area contributed by atoms with Crippen LogP contribution in [0.1, 0.15) is 104 Å². The van der Waals surface area contributed by atoms with Crippen LogP contribution in [0.15, 0.2) is 0 Å². The molecule has 0 radical (unpaired) electrons. The van der Waals surface area contributed by atoms with Crippen molar-refractivity contribution >= 4 is 29.5 Å². The van der Waals surface area contributed by atoms with Crippen LogP contribution in [-0.4, -0.2) is 107 Å². The maximum Gasteiger partial charge on any atom is 0.246 e. The second-order valence-electron chi connectivity index (χ2n) is 9.66. The number of nitrogens with zero attached hydrogens (tertiary/aromatic N) is 3. The SMILES string of the molecule is CC.CNCCCCCN(O)C(=O)CCC(=O)NCCCCCN(O)C(=O)CCC(=O)NCCCCCN(O)C(C)=O. The molecular formula is C28H56N6O8. The number of hydrogen-bond acceptors (Lipinski definition) is 9. The first-order valence-electron chi connectivity index (χ1n) is 15.2. The van der Waals surface area contributed by atoms with Crippen LogP contribution in [0.25, 0.3) is 0 Å². The summed E-state index contributed by atoms with van der Waals surface area (Å²) in [5, 5.41) is 39.2. The van der Waals surface area contributed by atoms with Gasteiger partial charge in [0, 0.05) is 65.3 Å². The molecule has 0 aliphatic carbocycles. The zero-order chi connectivity index (χ0) is 32.2. The molecule has 0 aromatic rings. The van der Waals surface area contributed by atoms with Crippen LogP contribution in [0.3, 0.4) is 0 Å². The first-order valence-corrected chi connectivity index (χ1v) is 15.2. The molecule has 0 spiro atoms. The largest absolute Gasteiger partial charge is 0.356 e. The normalized spacial score (nSPS) is 10.3. The molecule has 0 saturated carbocycles. The lowest BCUT2D eigenvalue weighted by Gasteiger charge is -2.15. The lowest BCUT2D eigenvalue weighted by molar-refractivity contribution is -0.166. The molecule has 0 aromatic heterocycles. The minimum absolute atomic E-state index is 0.00821. The molecular weight excluding hydrogens is 548 g/mol. The second kappa shape index (κ2) is 28.3. The fraction of sp³-hybridized carbons (Fsp3) is 0.821. The van der Waals surface area contributed by atoms with Gasteiger partial charge in [-0.15, -0.1) is 0 Å². The first kappa shape index (κ1) is 41.3. The average Bonchev–Trinajstić information content (AvgIpc) is 2.98. The van der Waals surface area contributed by atoms with Crippen LogP contribution in [0.2, 0.25) is 0 Å². The third-order valence-electron chi connectivity index (χ3n) is 6.11. The third-order valence-corrected chi connectivity index (χ3v) is 6.11. The predicted octanol–water partition coefficient (Wildman–Crippen LogP) is 2.21. The van der Waals surface area contributed by atoms with Gasteiger partial charge in [-0.3, -0.25) is 39.6 Å². The maximum absolute atomic E-state index is 12.0. The smallest absolute Gasteiger partial charge is 0.246 e. The van der Waals surface area contributed by atoms with Crippen molar-refractivity contribution in [1.29, 1.82) is 0 Å². The molecule has 246 valence electrons. The monoisotopic (exact) mass is 604 g/mol. The second-order valence-corrected chi connectivity index (χ2v) is 9.66. The van der Waals surface area contributed by atoms with E-state index in [0.29, 0.717) is 66.8 Å². The number of unbranched alkanes of at least 4 members (excludes halogenated alkanes) is 6. The third kappa shape index (κ3) is 24.9. The summed E-state index contributed by atoms with van der Waals surface area (Å²) in [7, 11) is 1.87. The van der Waals surface area contributed by atoms with Gasteiger partial charge in [-0.2, -0.15) is 0 Å². The van der Waals surface area contributed by atoms with E-state index in [4.69, 9.17) is 0 Å². The van der Waals surface area contributed by atoms with Crippen LogP contribution >= 0.6 is 0 Å². The van der Waals surface area contributed by atoms with E-state index in [1.165, 1.54) is 6.92 Å². The van der Waals surface area contributed by atoms with Gasteiger partial charge in [0.25, 0.3) is 0 Å². The Morgan fingerprint density at radius 3 is 1.24 bits per heavy atom. The zero-order valence-electron chi connectivity index (χ0n) is 26.2. The van der Waals surface area contributed by atoms with Crippen LogP contribution in [0, 0.1) is 0 Å². The lowest BCUT2D eigenvalue weighted by Crippen LogP contribution is -2.31. The number of carbonyl (C=O) groups is 5. The van der Waals surface area contributed by atoms with Crippen molar-refractivity contribution < 1.29 is 39.6 Å². The summed E-state index contributed by atoms with van der Waals surface area (Å²) in [4.78, 5) is 58.5. The summed E-state index contributed by atoms with van der Waals surface area (Å²) in [6.07, 6.45) is 6.14. The molecule has 14 nitrogen and oxygen atoms in total. The molecule has 0 aliphatic rings. The summed E-state index contributed by atoms with van der Waals surface area (Å²) in [6.45, 7) is 7.58. The fourth-order valence-electron chi connectivity index (χ4n) is 3.61. The Hall–Kier alpha value is -2.81. The minimum atomic E-state index is -0.545. The summed E-state index contributed by atoms with van der Waals surface area (Å²) < 4.78 is 0. The Morgan fingerprint density at radius 1 is 0.524 bits per heavy atom. The van der Waals surface area contributed by atoms with E-state index in [2.05, 4.69) is 16.0 Å². The maximum atomic E-state index is 12.0. The van der Waals surface area contributed by atoms with Crippen LogP contribution in [0.5, 0.6) is 0 Å². The van der Waals surface area contributed by atoms with E-state index in [1.54, 1.807) is 0 Å². The van der Waals surface area contributed by atoms with Gasteiger partial charge in [0.05, 0.1) is 0 Å². The van der Waals surface area contributed by atoms with Gasteiger partial charge in [-0.25, -0.2) is 15.2 Å². The number of nitrogens with one attached hydrogen (secondary N) is 3. The molecule has 0 rings (SSSR count). The number of amides is 5. The zero-order valence-corrected chi connectivity index (χ0v) is 26.2. The van der Waals surface area contributed by atoms with Gasteiger partial charge in [0.1, 0.15) is 0 Å². The van der Waals surface area contributed by atoms with Crippen molar-refractivity contribution in [2.24, 2.45) is 0 Å². The van der Waals surface area contributed by atoms with Crippen LogP contribution < -0.4 is 16.0 Å². The number of hydroxylamine groups is 6. The van der Waals surface area contributed by atoms with Gasteiger partial charge in [0.15, 0.2) is 0 Å². The molecule has 5 amide bonds. The standard InChI is InChI=1S/C26H50N6O8.C2H6/c1-22(33)30(38)19-9-4-7-17-28-23(34)13-15-26(37)32(40)21-11-5-8-18-29-24(35)12-14-25(36)31(39)20-10-3-6-16-27-2;1-2/h27,38-40H,3-21H2,1-2H3,(H,28,34)(H,29,35);1-2H3. The highest BCUT2D eigenvalue weighted by Gasteiger charge is 2.14. The lowest BCUT2D eigenvalue weighted by atomic mass is 10.2. The van der Waals surface area contributed by atoms with Crippen molar-refractivity contribution in [2.45, 2.75) is 104 Å². The van der Waals surface area contributed by atoms with E-state index < -0.39 is 17.7 Å². The summed E-state index contributed by atoms with van der Waals surface area (Å²) >= 11 is 0. The molecule has 0 aromatic carbocycles. The van der Waals surface area contributed by atoms with E-state index in [1.807, 2.05) is 20.9 Å². The molecule has 6 N–H and O–H groups in total. The Kier molecular flexibility index (Phi) is 27.9. The van der Waals surface area contributed by atoms with Crippen LogP contribution in [-0.2, 0) is 24.0 Å². The minimum Gasteiger partial charge on any atom is -0.356 e. The van der Waals surface area contributed by atoms with Gasteiger partial charge >= 0.3 is 0 Å². The topological polar surface area (TPSA) is 192 Å². The van der Waals surface area contributed by atoms with E-state index in [0.717, 1.165) is 25.8 Å². The Balaban J connectivity index is 0. The Labute approximate surface area is 251 Å². The van der Waals surface area contributed by atoms with Crippen molar-refractivity contribution in [2.75, 3.05) is 46.3 Å². The summed E-state index contributed by atoms with van der Waals surface area (Å²) in [5.74, 6) is -2.02. The molecule has 0 aliphatic heterocycles. The van der Waals surface area contributed by atoms with E-state index in [-0.39, 0.29) is 57.1 Å². The summed E-state index contributed by atoms with van der Waals surface area (Å²) in [5.41, 5.74) is 0. The quantitative estimate of drug-likeness (QED) is 0.0544. The number of rotatable bonds is 24. The van der Waals surface area contributed by atoms with Crippen molar-refractivity contribution in [1.82, 2.24) is 31.1 Å². The summed E-state index contributed by atoms with van der Waals surface area (Å²) in [6, 6.07) is 0. The van der Waals surface area contributed by atoms with Crippen molar-refractivity contribution in [3.63, 3.8) is 0 Å². The molecule has 0 atom stereocenters. The van der Waals surface area contributed by atoms with Crippen LogP contribution in [0.4, 0.5) is 0 Å². The molecule has 0 bridgehead atoms. The molecule has 0 saturated heterocycles. The van der Waals surface area contributed by atoms with Gasteiger partial charge in [-0.05, 0) is 65.0 Å². The van der Waals surface area contributed by atoms with Gasteiger partial charge in [0.2, 0.25) is 29.5 Å². The highest BCUT2D eigenvalue weighted by molar-refractivity contribution is 5.83. The van der Waals surface area contributed by atoms with Crippen molar-refractivity contribution in [3.8, 4) is 0 Å². The van der Waals surface area contributed by atoms with Crippen molar-refractivity contribution in [3.05, 3.63) is 0 Å². The molecule has 42 heavy (non-hydrogen) atoms. The highest BCUT2D eigenvalue weighted by atomic mass is 16.5. The fourth-order valence-corrected chi connectivity index (χ4v) is 3.61. The molecule has 14 heteroatoms. The van der Waals surface area contributed by atoms with Gasteiger partial charge < -0.3 is 16.0 Å². The number of hydrogen-bond donors (Lipinski definition) is 6. The van der Waals surface area contributed by atoms with Gasteiger partial charge in [-0.1, -0.05) is 20.3 Å². The molecule has 0 heterocycles. The molecule has 0 unspecified atom stereocenters. The average molecular weight is 605 g/mol.